The van der Waals surface area contributed by atoms with Crippen molar-refractivity contribution in [2.75, 3.05) is 7.11 Å². The van der Waals surface area contributed by atoms with Crippen molar-refractivity contribution >= 4 is 23.0 Å². The van der Waals surface area contributed by atoms with E-state index in [1.165, 1.54) is 19.2 Å². The molecule has 33 heavy (non-hydrogen) atoms. The number of aromatic nitrogens is 4. The number of hydrogen-bond donors (Lipinski definition) is 1. The molecule has 1 aliphatic rings. The molecule has 1 unspecified atom stereocenters. The van der Waals surface area contributed by atoms with Crippen molar-refractivity contribution in [3.63, 3.8) is 0 Å². The third-order valence-corrected chi connectivity index (χ3v) is 6.02. The molecule has 1 aliphatic carbocycles. The molecular weight excluding hydrogens is 437 g/mol. The third-order valence-electron chi connectivity index (χ3n) is 6.02. The Kier molecular flexibility index (Phi) is 4.93. The Bertz CT molecular complexity index is 1390. The van der Waals surface area contributed by atoms with Crippen LogP contribution in [0, 0.1) is 12.8 Å². The van der Waals surface area contributed by atoms with Crippen LogP contribution in [0.2, 0.25) is 0 Å². The van der Waals surface area contributed by atoms with E-state index in [1.807, 2.05) is 17.6 Å². The van der Waals surface area contributed by atoms with Crippen LogP contribution in [0.15, 0.2) is 30.3 Å². The topological polar surface area (TPSA) is 81.7 Å². The maximum Gasteiger partial charge on any atom is 0.420 e. The molecule has 0 spiro atoms. The number of aliphatic hydroxyl groups excluding tert-OH is 1. The van der Waals surface area contributed by atoms with Gasteiger partial charge in [-0.2, -0.15) is 13.2 Å². The predicted molar refractivity (Wildman–Crippen MR) is 114 cm³/mol. The fraction of sp³-hybridized carbons (Fsp3) is 0.348. The first-order valence-electron chi connectivity index (χ1n) is 10.5. The Labute approximate surface area is 186 Å². The number of aryl methyl sites for hydroxylation is 1. The summed E-state index contributed by atoms with van der Waals surface area (Å²) in [6.07, 6.45) is -4.68. The number of fused-ring (bicyclic) bond motifs is 2. The molecule has 7 nitrogen and oxygen atoms in total. The summed E-state index contributed by atoms with van der Waals surface area (Å²) in [7, 11) is 1.50. The van der Waals surface area contributed by atoms with Gasteiger partial charge in [0.05, 0.1) is 24.2 Å². The van der Waals surface area contributed by atoms with Gasteiger partial charge in [-0.1, -0.05) is 0 Å². The highest BCUT2D eigenvalue weighted by atomic mass is 19.4. The van der Waals surface area contributed by atoms with E-state index >= 15 is 0 Å². The Morgan fingerprint density at radius 1 is 1.24 bits per heavy atom. The van der Waals surface area contributed by atoms with E-state index in [0.717, 1.165) is 18.5 Å². The number of hydrogen-bond acceptors (Lipinski definition) is 5. The van der Waals surface area contributed by atoms with Crippen LogP contribution in [0.1, 0.15) is 40.7 Å². The van der Waals surface area contributed by atoms with E-state index in [4.69, 9.17) is 9.72 Å². The molecule has 1 fully saturated rings. The average molecular weight is 458 g/mol. The molecule has 0 radical (unpaired) electrons. The van der Waals surface area contributed by atoms with Crippen molar-refractivity contribution in [2.24, 2.45) is 5.92 Å². The molecule has 0 amide bonds. The summed E-state index contributed by atoms with van der Waals surface area (Å²) in [4.78, 5) is 20.3. The van der Waals surface area contributed by atoms with E-state index in [2.05, 4.69) is 4.98 Å². The number of halogens is 3. The molecule has 4 aromatic heterocycles. The zero-order chi connectivity index (χ0) is 23.5. The fourth-order valence-electron chi connectivity index (χ4n) is 4.16. The van der Waals surface area contributed by atoms with E-state index in [1.54, 1.807) is 16.5 Å². The number of imidazole rings is 1. The standard InChI is InChI=1S/C23H21F3N4O3/c1-12-20(28-18-7-14(11-31)8-19(33-2)30(12)18)17-9-15-5-6-16(21(32)23(24,25)26)27-22(15)29(17)10-13-3-4-13/h5-9,11,13,21,32H,3-4,10H2,1-2H3. The minimum atomic E-state index is -4.80. The zero-order valence-corrected chi connectivity index (χ0v) is 17.9. The second-order valence-electron chi connectivity index (χ2n) is 8.36. The van der Waals surface area contributed by atoms with E-state index in [0.29, 0.717) is 58.3 Å². The van der Waals surface area contributed by atoms with Crippen LogP contribution >= 0.6 is 0 Å². The van der Waals surface area contributed by atoms with E-state index < -0.39 is 18.0 Å². The number of nitrogens with zero attached hydrogens (tertiary/aromatic N) is 4. The lowest BCUT2D eigenvalue weighted by Crippen LogP contribution is -2.21. The molecular formula is C23H21F3N4O3. The van der Waals surface area contributed by atoms with Crippen LogP contribution in [0.5, 0.6) is 5.88 Å². The quantitative estimate of drug-likeness (QED) is 0.431. The van der Waals surface area contributed by atoms with Gasteiger partial charge in [0.25, 0.3) is 0 Å². The van der Waals surface area contributed by atoms with Gasteiger partial charge in [-0.15, -0.1) is 0 Å². The number of methoxy groups -OCH3 is 1. The van der Waals surface area contributed by atoms with Crippen LogP contribution in [0.25, 0.3) is 28.1 Å². The Morgan fingerprint density at radius 3 is 2.64 bits per heavy atom. The molecule has 1 saturated carbocycles. The van der Waals surface area contributed by atoms with Crippen molar-refractivity contribution in [1.29, 1.82) is 0 Å². The number of ether oxygens (including phenoxy) is 1. The van der Waals surface area contributed by atoms with Crippen LogP contribution in [-0.4, -0.2) is 43.6 Å². The summed E-state index contributed by atoms with van der Waals surface area (Å²) in [6, 6.07) is 7.84. The summed E-state index contributed by atoms with van der Waals surface area (Å²) in [5.41, 5.74) is 2.95. The second kappa shape index (κ2) is 7.58. The lowest BCUT2D eigenvalue weighted by atomic mass is 10.2. The first-order valence-corrected chi connectivity index (χ1v) is 10.5. The van der Waals surface area contributed by atoms with Crippen molar-refractivity contribution < 1.29 is 27.8 Å². The molecule has 0 aliphatic heterocycles. The molecule has 0 aromatic carbocycles. The number of aliphatic hydroxyl groups is 1. The summed E-state index contributed by atoms with van der Waals surface area (Å²) in [6.45, 7) is 2.45. The van der Waals surface area contributed by atoms with E-state index in [-0.39, 0.29) is 0 Å². The second-order valence-corrected chi connectivity index (χ2v) is 8.36. The summed E-state index contributed by atoms with van der Waals surface area (Å²) in [5.74, 6) is 0.857. The number of carbonyl (C=O) groups is 1. The molecule has 1 atom stereocenters. The smallest absolute Gasteiger partial charge is 0.420 e. The predicted octanol–water partition coefficient (Wildman–Crippen LogP) is 4.49. The van der Waals surface area contributed by atoms with Gasteiger partial charge < -0.3 is 14.4 Å². The summed E-state index contributed by atoms with van der Waals surface area (Å²) < 4.78 is 48.4. The number of aldehydes is 1. The average Bonchev–Trinajstić information content (AvgIpc) is 3.46. The van der Waals surface area contributed by atoms with Crippen LogP contribution < -0.4 is 4.74 Å². The van der Waals surface area contributed by atoms with Gasteiger partial charge in [-0.25, -0.2) is 9.97 Å². The molecule has 0 bridgehead atoms. The molecule has 1 N–H and O–H groups in total. The van der Waals surface area contributed by atoms with Crippen molar-refractivity contribution in [1.82, 2.24) is 18.9 Å². The monoisotopic (exact) mass is 458 g/mol. The molecule has 172 valence electrons. The van der Waals surface area contributed by atoms with Crippen molar-refractivity contribution in [3.05, 3.63) is 47.3 Å². The molecule has 10 heteroatoms. The zero-order valence-electron chi connectivity index (χ0n) is 17.9. The Hall–Kier alpha value is -3.40. The first-order chi connectivity index (χ1) is 15.7. The van der Waals surface area contributed by atoms with Gasteiger partial charge in [-0.3, -0.25) is 9.20 Å². The highest BCUT2D eigenvalue weighted by Gasteiger charge is 2.40. The largest absolute Gasteiger partial charge is 0.482 e. The third kappa shape index (κ3) is 3.64. The van der Waals surface area contributed by atoms with Gasteiger partial charge in [-0.05, 0) is 49.9 Å². The van der Waals surface area contributed by atoms with Crippen LogP contribution in [0.3, 0.4) is 0 Å². The number of alkyl halides is 3. The first kappa shape index (κ1) is 21.4. The lowest BCUT2D eigenvalue weighted by Gasteiger charge is -2.15. The van der Waals surface area contributed by atoms with Gasteiger partial charge in [0.2, 0.25) is 0 Å². The highest BCUT2D eigenvalue weighted by molar-refractivity contribution is 5.85. The van der Waals surface area contributed by atoms with Gasteiger partial charge in [0.1, 0.15) is 23.3 Å². The minimum Gasteiger partial charge on any atom is -0.482 e. The van der Waals surface area contributed by atoms with Crippen LogP contribution in [0.4, 0.5) is 13.2 Å². The summed E-state index contributed by atoms with van der Waals surface area (Å²) in [5, 5.41) is 10.4. The van der Waals surface area contributed by atoms with Crippen molar-refractivity contribution in [2.45, 2.75) is 38.6 Å². The Balaban J connectivity index is 1.73. The summed E-state index contributed by atoms with van der Waals surface area (Å²) >= 11 is 0. The highest BCUT2D eigenvalue weighted by Crippen LogP contribution is 2.38. The van der Waals surface area contributed by atoms with Gasteiger partial charge in [0, 0.05) is 23.6 Å². The number of rotatable bonds is 6. The minimum absolute atomic E-state index is 0.370. The fourth-order valence-corrected chi connectivity index (χ4v) is 4.16. The molecule has 5 rings (SSSR count). The van der Waals surface area contributed by atoms with E-state index in [9.17, 15) is 23.1 Å². The van der Waals surface area contributed by atoms with Gasteiger partial charge >= 0.3 is 6.18 Å². The molecule has 0 saturated heterocycles. The SMILES string of the molecule is COc1cc(C=O)cc2nc(-c3cc4ccc(C(O)C(F)(F)F)nc4n3CC3CC3)c(C)n12. The van der Waals surface area contributed by atoms with Crippen molar-refractivity contribution in [3.8, 4) is 17.3 Å². The molecule has 4 aromatic rings. The maximum atomic E-state index is 13.1. The number of pyridine rings is 2. The molecule has 4 heterocycles. The van der Waals surface area contributed by atoms with Crippen LogP contribution in [-0.2, 0) is 6.54 Å². The number of carbonyl (C=O) groups excluding carboxylic acids is 1. The maximum absolute atomic E-state index is 13.1. The lowest BCUT2D eigenvalue weighted by molar-refractivity contribution is -0.207. The normalized spacial score (nSPS) is 15.3. The van der Waals surface area contributed by atoms with Gasteiger partial charge in [0.15, 0.2) is 12.0 Å². The Morgan fingerprint density at radius 2 is 2.00 bits per heavy atom.